The van der Waals surface area contributed by atoms with Gasteiger partial charge in [-0.05, 0) is 38.0 Å². The Morgan fingerprint density at radius 1 is 1.27 bits per heavy atom. The minimum absolute atomic E-state index is 0.0298. The van der Waals surface area contributed by atoms with Crippen molar-refractivity contribution in [3.63, 3.8) is 0 Å². The van der Waals surface area contributed by atoms with E-state index in [1.54, 1.807) is 6.92 Å². The van der Waals surface area contributed by atoms with Crippen molar-refractivity contribution in [2.75, 3.05) is 12.4 Å². The Kier molecular flexibility index (Phi) is 5.38. The molecular formula is C16H18N2O3S. The van der Waals surface area contributed by atoms with Crippen molar-refractivity contribution in [3.8, 4) is 0 Å². The standard InChI is InChI=1S/C16H18N2O3S/c1-4-21-15(20)13-8-17-16(18-13)22-9-14(19)12-6-5-10(2)11(3)7-12/h5-8H,4,9H2,1-3H3,(H,17,18). The van der Waals surface area contributed by atoms with Crippen molar-refractivity contribution < 1.29 is 14.3 Å². The number of hydrogen-bond donors (Lipinski definition) is 1. The SMILES string of the molecule is CCOC(=O)c1cnc(SCC(=O)c2ccc(C)c(C)c2)[nH]1. The van der Waals surface area contributed by atoms with Crippen molar-refractivity contribution in [1.29, 1.82) is 0 Å². The van der Waals surface area contributed by atoms with Crippen LogP contribution in [-0.2, 0) is 4.74 Å². The second-order valence-electron chi connectivity index (χ2n) is 4.83. The van der Waals surface area contributed by atoms with Crippen molar-refractivity contribution in [2.45, 2.75) is 25.9 Å². The second kappa shape index (κ2) is 7.26. The number of thioether (sulfide) groups is 1. The van der Waals surface area contributed by atoms with Crippen molar-refractivity contribution in [1.82, 2.24) is 9.97 Å². The topological polar surface area (TPSA) is 72.0 Å². The first-order chi connectivity index (χ1) is 10.5. The van der Waals surface area contributed by atoms with Gasteiger partial charge in [0.15, 0.2) is 10.9 Å². The molecule has 0 bridgehead atoms. The number of rotatable bonds is 6. The minimum Gasteiger partial charge on any atom is -0.461 e. The van der Waals surface area contributed by atoms with Gasteiger partial charge in [0.25, 0.3) is 0 Å². The molecule has 2 aromatic rings. The van der Waals surface area contributed by atoms with E-state index < -0.39 is 5.97 Å². The number of Topliss-reactive ketones (excluding diaryl/α,β-unsaturated/α-hetero) is 1. The molecule has 0 aliphatic rings. The van der Waals surface area contributed by atoms with Gasteiger partial charge in [0, 0.05) is 5.56 Å². The maximum atomic E-state index is 12.2. The largest absolute Gasteiger partial charge is 0.461 e. The van der Waals surface area contributed by atoms with Crippen LogP contribution in [0.15, 0.2) is 29.6 Å². The Morgan fingerprint density at radius 2 is 2.05 bits per heavy atom. The normalized spacial score (nSPS) is 10.5. The first-order valence-electron chi connectivity index (χ1n) is 6.96. The molecule has 0 aliphatic heterocycles. The number of carbonyl (C=O) groups excluding carboxylic acids is 2. The van der Waals surface area contributed by atoms with E-state index in [1.807, 2.05) is 32.0 Å². The molecule has 2 rings (SSSR count). The molecule has 0 unspecified atom stereocenters. The van der Waals surface area contributed by atoms with E-state index >= 15 is 0 Å². The second-order valence-corrected chi connectivity index (χ2v) is 5.80. The maximum absolute atomic E-state index is 12.2. The predicted octanol–water partition coefficient (Wildman–Crippen LogP) is 3.18. The predicted molar refractivity (Wildman–Crippen MR) is 85.5 cm³/mol. The van der Waals surface area contributed by atoms with Crippen LogP contribution in [0.5, 0.6) is 0 Å². The smallest absolute Gasteiger partial charge is 0.356 e. The summed E-state index contributed by atoms with van der Waals surface area (Å²) < 4.78 is 4.87. The van der Waals surface area contributed by atoms with Gasteiger partial charge in [0.05, 0.1) is 18.6 Å². The zero-order chi connectivity index (χ0) is 16.1. The summed E-state index contributed by atoms with van der Waals surface area (Å²) in [6, 6.07) is 5.67. The van der Waals surface area contributed by atoms with E-state index in [0.717, 1.165) is 11.1 Å². The van der Waals surface area contributed by atoms with Gasteiger partial charge in [-0.1, -0.05) is 23.9 Å². The number of aromatic amines is 1. The third kappa shape index (κ3) is 3.98. The average Bonchev–Trinajstić information content (AvgIpc) is 2.97. The highest BCUT2D eigenvalue weighted by atomic mass is 32.2. The minimum atomic E-state index is -0.442. The average molecular weight is 318 g/mol. The summed E-state index contributed by atoms with van der Waals surface area (Å²) >= 11 is 1.27. The lowest BCUT2D eigenvalue weighted by Crippen LogP contribution is -2.05. The summed E-state index contributed by atoms with van der Waals surface area (Å²) in [5.41, 5.74) is 3.24. The van der Waals surface area contributed by atoms with Gasteiger partial charge in [-0.15, -0.1) is 0 Å². The summed E-state index contributed by atoms with van der Waals surface area (Å²) in [6.45, 7) is 6.05. The number of H-pyrrole nitrogens is 1. The number of ketones is 1. The number of aryl methyl sites for hydroxylation is 2. The Balaban J connectivity index is 1.96. The summed E-state index contributed by atoms with van der Waals surface area (Å²) in [5.74, 6) is -0.150. The zero-order valence-electron chi connectivity index (χ0n) is 12.8. The number of nitrogens with zero attached hydrogens (tertiary/aromatic N) is 1. The Bertz CT molecular complexity index is 694. The summed E-state index contributed by atoms with van der Waals surface area (Å²) in [5, 5.41) is 0.528. The third-order valence-corrected chi connectivity index (χ3v) is 4.10. The van der Waals surface area contributed by atoms with Crippen LogP contribution >= 0.6 is 11.8 Å². The van der Waals surface area contributed by atoms with E-state index in [1.165, 1.54) is 18.0 Å². The Morgan fingerprint density at radius 3 is 2.73 bits per heavy atom. The van der Waals surface area contributed by atoms with Crippen LogP contribution in [0.4, 0.5) is 0 Å². The lowest BCUT2D eigenvalue weighted by Gasteiger charge is -2.04. The molecule has 0 fully saturated rings. The zero-order valence-corrected chi connectivity index (χ0v) is 13.6. The molecule has 116 valence electrons. The van der Waals surface area contributed by atoms with Crippen LogP contribution in [0.2, 0.25) is 0 Å². The van der Waals surface area contributed by atoms with Gasteiger partial charge in [-0.25, -0.2) is 9.78 Å². The molecule has 0 saturated heterocycles. The van der Waals surface area contributed by atoms with Gasteiger partial charge in [-0.3, -0.25) is 4.79 Å². The molecule has 0 saturated carbocycles. The molecule has 1 N–H and O–H groups in total. The molecule has 0 aliphatic carbocycles. The lowest BCUT2D eigenvalue weighted by molar-refractivity contribution is 0.0519. The fourth-order valence-electron chi connectivity index (χ4n) is 1.82. The molecule has 22 heavy (non-hydrogen) atoms. The fraction of sp³-hybridized carbons (Fsp3) is 0.312. The summed E-state index contributed by atoms with van der Waals surface area (Å²) in [6.07, 6.45) is 1.42. The van der Waals surface area contributed by atoms with Crippen molar-refractivity contribution in [3.05, 3.63) is 46.8 Å². The van der Waals surface area contributed by atoms with Gasteiger partial charge in [0.2, 0.25) is 0 Å². The molecule has 1 aromatic heterocycles. The van der Waals surface area contributed by atoms with Crippen LogP contribution in [0.3, 0.4) is 0 Å². The molecule has 1 heterocycles. The van der Waals surface area contributed by atoms with Crippen molar-refractivity contribution in [2.24, 2.45) is 0 Å². The van der Waals surface area contributed by atoms with Crippen LogP contribution in [0, 0.1) is 13.8 Å². The highest BCUT2D eigenvalue weighted by molar-refractivity contribution is 7.99. The highest BCUT2D eigenvalue weighted by Crippen LogP contribution is 2.17. The van der Waals surface area contributed by atoms with Crippen LogP contribution in [-0.4, -0.2) is 34.1 Å². The molecule has 0 amide bonds. The third-order valence-electron chi connectivity index (χ3n) is 3.22. The highest BCUT2D eigenvalue weighted by Gasteiger charge is 2.13. The molecule has 1 aromatic carbocycles. The van der Waals surface area contributed by atoms with Crippen LogP contribution in [0.25, 0.3) is 0 Å². The van der Waals surface area contributed by atoms with E-state index in [9.17, 15) is 9.59 Å². The summed E-state index contributed by atoms with van der Waals surface area (Å²) in [7, 11) is 0. The number of benzene rings is 1. The first kappa shape index (κ1) is 16.3. The number of nitrogens with one attached hydrogen (secondary N) is 1. The number of carbonyl (C=O) groups is 2. The monoisotopic (exact) mass is 318 g/mol. The van der Waals surface area contributed by atoms with E-state index in [-0.39, 0.29) is 11.5 Å². The number of ether oxygens (including phenoxy) is 1. The number of esters is 1. The van der Waals surface area contributed by atoms with Crippen molar-refractivity contribution >= 4 is 23.5 Å². The Labute approximate surface area is 133 Å². The number of aromatic nitrogens is 2. The summed E-state index contributed by atoms with van der Waals surface area (Å²) in [4.78, 5) is 30.6. The lowest BCUT2D eigenvalue weighted by atomic mass is 10.0. The molecule has 0 atom stereocenters. The molecule has 0 radical (unpaired) electrons. The Hall–Kier alpha value is -2.08. The first-order valence-corrected chi connectivity index (χ1v) is 7.95. The van der Waals surface area contributed by atoms with E-state index in [2.05, 4.69) is 9.97 Å². The molecular weight excluding hydrogens is 300 g/mol. The fourth-order valence-corrected chi connectivity index (χ4v) is 2.56. The quantitative estimate of drug-likeness (QED) is 0.503. The van der Waals surface area contributed by atoms with Gasteiger partial charge >= 0.3 is 5.97 Å². The van der Waals surface area contributed by atoms with E-state index in [0.29, 0.717) is 23.0 Å². The maximum Gasteiger partial charge on any atom is 0.356 e. The van der Waals surface area contributed by atoms with Crippen LogP contribution in [0.1, 0.15) is 38.9 Å². The molecule has 0 spiro atoms. The van der Waals surface area contributed by atoms with Gasteiger partial charge < -0.3 is 9.72 Å². The number of hydrogen-bond acceptors (Lipinski definition) is 5. The van der Waals surface area contributed by atoms with Gasteiger partial charge in [0.1, 0.15) is 5.69 Å². The number of imidazole rings is 1. The molecule has 5 nitrogen and oxygen atoms in total. The van der Waals surface area contributed by atoms with Crippen LogP contribution < -0.4 is 0 Å². The van der Waals surface area contributed by atoms with E-state index in [4.69, 9.17) is 4.74 Å². The van der Waals surface area contributed by atoms with Gasteiger partial charge in [-0.2, -0.15) is 0 Å². The molecule has 6 heteroatoms.